The summed E-state index contributed by atoms with van der Waals surface area (Å²) in [4.78, 5) is 28.8. The van der Waals surface area contributed by atoms with E-state index in [9.17, 15) is 22.8 Å². The summed E-state index contributed by atoms with van der Waals surface area (Å²) in [6.07, 6.45) is -0.718. The average molecular weight is 441 g/mol. The predicted octanol–water partition coefficient (Wildman–Crippen LogP) is 2.95. The minimum Gasteiger partial charge on any atom is -0.406 e. The topological polar surface area (TPSA) is 118 Å². The van der Waals surface area contributed by atoms with Crippen LogP contribution in [0.15, 0.2) is 30.5 Å². The summed E-state index contributed by atoms with van der Waals surface area (Å²) in [6, 6.07) is 3.98. The van der Waals surface area contributed by atoms with Crippen LogP contribution in [0.4, 0.5) is 29.5 Å². The minimum absolute atomic E-state index is 0.0485. The molecule has 3 rings (SSSR count). The Morgan fingerprint density at radius 2 is 1.90 bits per heavy atom. The van der Waals surface area contributed by atoms with Gasteiger partial charge in [-0.2, -0.15) is 0 Å². The molecular weight excluding hydrogens is 419 g/mol. The number of nitrogens with one attached hydrogen (secondary N) is 3. The van der Waals surface area contributed by atoms with Crippen LogP contribution in [0.2, 0.25) is 0 Å². The van der Waals surface area contributed by atoms with Crippen LogP contribution in [0.1, 0.15) is 29.9 Å². The number of benzene rings is 1. The van der Waals surface area contributed by atoms with Crippen LogP contribution in [-0.2, 0) is 6.54 Å². The van der Waals surface area contributed by atoms with Crippen LogP contribution in [-0.4, -0.2) is 46.1 Å². The molecule has 0 unspecified atom stereocenters. The number of carbonyl (C=O) groups excluding carboxylic acids is 2. The Kier molecular flexibility index (Phi) is 7.00. The molecule has 2 aromatic rings. The number of alkyl halides is 3. The van der Waals surface area contributed by atoms with Crippen molar-refractivity contribution >= 4 is 23.4 Å². The molecule has 3 amide bonds. The van der Waals surface area contributed by atoms with Crippen LogP contribution in [0.25, 0.3) is 0 Å². The van der Waals surface area contributed by atoms with E-state index in [-0.39, 0.29) is 23.9 Å². The van der Waals surface area contributed by atoms with Crippen molar-refractivity contribution in [3.8, 4) is 5.75 Å². The molecule has 1 fully saturated rings. The van der Waals surface area contributed by atoms with Gasteiger partial charge in [0.25, 0.3) is 5.91 Å². The molecule has 9 nitrogen and oxygen atoms in total. The first kappa shape index (κ1) is 22.4. The van der Waals surface area contributed by atoms with E-state index in [2.05, 4.69) is 25.7 Å². The van der Waals surface area contributed by atoms with Gasteiger partial charge < -0.3 is 25.0 Å². The summed E-state index contributed by atoms with van der Waals surface area (Å²) in [5.74, 6) is -0.0643. The van der Waals surface area contributed by atoms with E-state index in [1.165, 1.54) is 12.1 Å². The van der Waals surface area contributed by atoms with Crippen molar-refractivity contribution in [2.24, 2.45) is 5.92 Å². The second-order valence-corrected chi connectivity index (χ2v) is 7.03. The molecule has 4 N–H and O–H groups in total. The number of imidazole rings is 1. The Morgan fingerprint density at radius 1 is 1.19 bits per heavy atom. The highest BCUT2D eigenvalue weighted by molar-refractivity contribution is 5.99. The number of aliphatic hydroxyl groups excluding tert-OH is 1. The molecule has 1 aromatic heterocycles. The molecule has 0 aliphatic heterocycles. The predicted molar refractivity (Wildman–Crippen MR) is 105 cm³/mol. The second kappa shape index (κ2) is 9.69. The third-order valence-electron chi connectivity index (χ3n) is 4.34. The Labute approximate surface area is 175 Å². The number of hydrogen-bond acceptors (Lipinski definition) is 5. The largest absolute Gasteiger partial charge is 0.573 e. The van der Waals surface area contributed by atoms with Crippen molar-refractivity contribution in [3.05, 3.63) is 36.3 Å². The standard InChI is InChI=1S/C19H22F3N5O4/c20-19(21,22)31-14-6-4-13(5-7-14)24-18(30)26-15-11-27(10-12-2-3-12)16(25-15)17(29)23-8-1-9-28/h4-7,11-12,28H,1-3,8-10H2,(H,23,29)(H2,24,26,30). The number of rotatable bonds is 9. The normalized spacial score (nSPS) is 13.5. The van der Waals surface area contributed by atoms with E-state index >= 15 is 0 Å². The van der Waals surface area contributed by atoms with Crippen molar-refractivity contribution in [1.82, 2.24) is 14.9 Å². The maximum atomic E-state index is 12.4. The SMILES string of the molecule is O=C(Nc1ccc(OC(F)(F)F)cc1)Nc1cn(CC2CC2)c(C(=O)NCCCO)n1. The van der Waals surface area contributed by atoms with E-state index in [0.29, 0.717) is 25.4 Å². The zero-order valence-electron chi connectivity index (χ0n) is 16.4. The molecule has 1 aliphatic carbocycles. The Morgan fingerprint density at radius 3 is 2.52 bits per heavy atom. The summed E-state index contributed by atoms with van der Waals surface area (Å²) >= 11 is 0. The number of anilines is 2. The van der Waals surface area contributed by atoms with Crippen molar-refractivity contribution in [2.45, 2.75) is 32.2 Å². The lowest BCUT2D eigenvalue weighted by Crippen LogP contribution is -2.28. The first-order valence-corrected chi connectivity index (χ1v) is 9.63. The fourth-order valence-corrected chi connectivity index (χ4v) is 2.75. The number of aliphatic hydroxyl groups is 1. The number of amides is 3. The van der Waals surface area contributed by atoms with E-state index < -0.39 is 24.1 Å². The molecule has 0 bridgehead atoms. The van der Waals surface area contributed by atoms with Gasteiger partial charge in [-0.15, -0.1) is 13.2 Å². The summed E-state index contributed by atoms with van der Waals surface area (Å²) in [5.41, 5.74) is 0.242. The lowest BCUT2D eigenvalue weighted by Gasteiger charge is -2.10. The van der Waals surface area contributed by atoms with E-state index in [1.807, 2.05) is 0 Å². The first-order chi connectivity index (χ1) is 14.7. The lowest BCUT2D eigenvalue weighted by atomic mass is 10.3. The molecule has 1 heterocycles. The maximum Gasteiger partial charge on any atom is 0.573 e. The van der Waals surface area contributed by atoms with Crippen molar-refractivity contribution < 1.29 is 32.6 Å². The number of halogens is 3. The summed E-state index contributed by atoms with van der Waals surface area (Å²) in [7, 11) is 0. The van der Waals surface area contributed by atoms with Crippen molar-refractivity contribution in [1.29, 1.82) is 0 Å². The van der Waals surface area contributed by atoms with Crippen LogP contribution < -0.4 is 20.7 Å². The maximum absolute atomic E-state index is 12.4. The van der Waals surface area contributed by atoms with Crippen LogP contribution in [0, 0.1) is 5.92 Å². The molecular formula is C19H22F3N5O4. The molecule has 12 heteroatoms. The Balaban J connectivity index is 1.61. The van der Waals surface area contributed by atoms with E-state index in [0.717, 1.165) is 25.0 Å². The number of hydrogen-bond donors (Lipinski definition) is 4. The zero-order valence-corrected chi connectivity index (χ0v) is 16.4. The van der Waals surface area contributed by atoms with Gasteiger partial charge in [-0.05, 0) is 49.4 Å². The van der Waals surface area contributed by atoms with E-state index in [1.54, 1.807) is 10.8 Å². The van der Waals surface area contributed by atoms with Gasteiger partial charge in [0.05, 0.1) is 0 Å². The van der Waals surface area contributed by atoms with Crippen molar-refractivity contribution in [3.63, 3.8) is 0 Å². The molecule has 31 heavy (non-hydrogen) atoms. The third-order valence-corrected chi connectivity index (χ3v) is 4.34. The van der Waals surface area contributed by atoms with Crippen LogP contribution >= 0.6 is 0 Å². The fourth-order valence-electron chi connectivity index (χ4n) is 2.75. The van der Waals surface area contributed by atoms with Gasteiger partial charge in [-0.1, -0.05) is 0 Å². The van der Waals surface area contributed by atoms with Gasteiger partial charge in [0.15, 0.2) is 5.82 Å². The third kappa shape index (κ3) is 7.17. The first-order valence-electron chi connectivity index (χ1n) is 9.63. The quantitative estimate of drug-likeness (QED) is 0.447. The highest BCUT2D eigenvalue weighted by atomic mass is 19.4. The number of ether oxygens (including phenoxy) is 1. The number of urea groups is 1. The smallest absolute Gasteiger partial charge is 0.406 e. The van der Waals surface area contributed by atoms with Gasteiger partial charge in [-0.25, -0.2) is 9.78 Å². The summed E-state index contributed by atoms with van der Waals surface area (Å²) in [6.45, 7) is 0.843. The summed E-state index contributed by atoms with van der Waals surface area (Å²) in [5, 5.41) is 16.5. The average Bonchev–Trinajstić information content (AvgIpc) is 3.41. The molecule has 0 spiro atoms. The lowest BCUT2D eigenvalue weighted by molar-refractivity contribution is -0.274. The molecule has 0 atom stereocenters. The van der Waals surface area contributed by atoms with Crippen LogP contribution in [0.5, 0.6) is 5.75 Å². The summed E-state index contributed by atoms with van der Waals surface area (Å²) < 4.78 is 42.1. The number of carbonyl (C=O) groups is 2. The molecule has 0 radical (unpaired) electrons. The van der Waals surface area contributed by atoms with Gasteiger partial charge in [0.2, 0.25) is 5.82 Å². The molecule has 1 saturated carbocycles. The molecule has 1 aliphatic rings. The molecule has 168 valence electrons. The monoisotopic (exact) mass is 441 g/mol. The van der Waals surface area contributed by atoms with Gasteiger partial charge in [0, 0.05) is 31.6 Å². The number of aromatic nitrogens is 2. The van der Waals surface area contributed by atoms with Crippen molar-refractivity contribution in [2.75, 3.05) is 23.8 Å². The van der Waals surface area contributed by atoms with Gasteiger partial charge >= 0.3 is 12.4 Å². The van der Waals surface area contributed by atoms with Crippen LogP contribution in [0.3, 0.4) is 0 Å². The Hall–Kier alpha value is -3.28. The fraction of sp³-hybridized carbons (Fsp3) is 0.421. The number of nitrogens with zero attached hydrogens (tertiary/aromatic N) is 2. The van der Waals surface area contributed by atoms with E-state index in [4.69, 9.17) is 5.11 Å². The molecule has 1 aromatic carbocycles. The minimum atomic E-state index is -4.80. The highest BCUT2D eigenvalue weighted by Crippen LogP contribution is 2.31. The second-order valence-electron chi connectivity index (χ2n) is 7.03. The van der Waals surface area contributed by atoms with Gasteiger partial charge in [-0.3, -0.25) is 10.1 Å². The molecule has 0 saturated heterocycles. The van der Waals surface area contributed by atoms with Gasteiger partial charge in [0.1, 0.15) is 5.75 Å². The Bertz CT molecular complexity index is 910. The highest BCUT2D eigenvalue weighted by Gasteiger charge is 2.31. The zero-order chi connectivity index (χ0) is 22.4.